The van der Waals surface area contributed by atoms with Crippen LogP contribution in [-0.2, 0) is 14.8 Å². The van der Waals surface area contributed by atoms with Crippen molar-refractivity contribution in [3.8, 4) is 5.75 Å². The first-order valence-electron chi connectivity index (χ1n) is 9.50. The van der Waals surface area contributed by atoms with Gasteiger partial charge in [0.1, 0.15) is 12.3 Å². The molecule has 1 N–H and O–H groups in total. The average Bonchev–Trinajstić information content (AvgIpc) is 2.78. The van der Waals surface area contributed by atoms with Crippen LogP contribution < -0.4 is 14.5 Å². The predicted molar refractivity (Wildman–Crippen MR) is 121 cm³/mol. The number of carbonyl (C=O) groups is 1. The molecule has 160 valence electrons. The molecular formula is C23H23N3O4S. The molecule has 8 heteroatoms. The Morgan fingerprint density at radius 3 is 2.26 bits per heavy atom. The van der Waals surface area contributed by atoms with E-state index in [0.717, 1.165) is 15.4 Å². The molecule has 3 aromatic rings. The van der Waals surface area contributed by atoms with E-state index in [9.17, 15) is 13.2 Å². The van der Waals surface area contributed by atoms with Crippen LogP contribution in [0.25, 0.3) is 0 Å². The molecule has 0 aliphatic carbocycles. The highest BCUT2D eigenvalue weighted by Gasteiger charge is 2.27. The second-order valence-electron chi connectivity index (χ2n) is 6.73. The lowest BCUT2D eigenvalue weighted by atomic mass is 10.2. The number of ether oxygens (including phenoxy) is 1. The van der Waals surface area contributed by atoms with Gasteiger partial charge in [-0.3, -0.25) is 9.10 Å². The Labute approximate surface area is 182 Å². The number of amides is 1. The zero-order valence-electron chi connectivity index (χ0n) is 17.2. The van der Waals surface area contributed by atoms with Crippen molar-refractivity contribution in [1.29, 1.82) is 0 Å². The zero-order chi connectivity index (χ0) is 22.3. The SMILES string of the molecule is COc1ccc(/C=N\NC(=O)CN(c2ccccc2)S(=O)(=O)c2ccc(C)cc2)cc1. The van der Waals surface area contributed by atoms with Gasteiger partial charge in [0.25, 0.3) is 15.9 Å². The summed E-state index contributed by atoms with van der Waals surface area (Å²) >= 11 is 0. The van der Waals surface area contributed by atoms with Crippen molar-refractivity contribution in [2.75, 3.05) is 18.0 Å². The first-order chi connectivity index (χ1) is 14.9. The molecule has 31 heavy (non-hydrogen) atoms. The monoisotopic (exact) mass is 437 g/mol. The lowest BCUT2D eigenvalue weighted by Crippen LogP contribution is -2.39. The number of rotatable bonds is 8. The number of para-hydroxylation sites is 1. The number of nitrogens with one attached hydrogen (secondary N) is 1. The van der Waals surface area contributed by atoms with Crippen LogP contribution in [0.15, 0.2) is 88.9 Å². The van der Waals surface area contributed by atoms with E-state index in [1.807, 2.05) is 6.92 Å². The molecule has 0 unspecified atom stereocenters. The summed E-state index contributed by atoms with van der Waals surface area (Å²) in [7, 11) is -2.37. The van der Waals surface area contributed by atoms with Crippen molar-refractivity contribution < 1.29 is 17.9 Å². The van der Waals surface area contributed by atoms with E-state index < -0.39 is 22.5 Å². The van der Waals surface area contributed by atoms with Gasteiger partial charge in [-0.1, -0.05) is 35.9 Å². The molecule has 3 aromatic carbocycles. The molecule has 0 heterocycles. The zero-order valence-corrected chi connectivity index (χ0v) is 18.0. The summed E-state index contributed by atoms with van der Waals surface area (Å²) < 4.78 is 32.6. The van der Waals surface area contributed by atoms with E-state index in [-0.39, 0.29) is 4.90 Å². The third-order valence-electron chi connectivity index (χ3n) is 4.46. The molecule has 0 bridgehead atoms. The molecule has 0 saturated heterocycles. The number of hydrogen-bond donors (Lipinski definition) is 1. The van der Waals surface area contributed by atoms with Crippen molar-refractivity contribution in [2.45, 2.75) is 11.8 Å². The van der Waals surface area contributed by atoms with Gasteiger partial charge >= 0.3 is 0 Å². The molecule has 0 saturated carbocycles. The molecule has 0 spiro atoms. The van der Waals surface area contributed by atoms with Gasteiger partial charge < -0.3 is 4.74 Å². The van der Waals surface area contributed by atoms with E-state index >= 15 is 0 Å². The highest BCUT2D eigenvalue weighted by molar-refractivity contribution is 7.92. The molecule has 0 aromatic heterocycles. The Balaban J connectivity index is 1.77. The predicted octanol–water partition coefficient (Wildman–Crippen LogP) is 3.35. The van der Waals surface area contributed by atoms with E-state index in [1.54, 1.807) is 73.8 Å². The molecule has 1 amide bonds. The van der Waals surface area contributed by atoms with E-state index in [4.69, 9.17) is 4.74 Å². The van der Waals surface area contributed by atoms with Crippen molar-refractivity contribution in [1.82, 2.24) is 5.43 Å². The molecule has 3 rings (SSSR count). The third-order valence-corrected chi connectivity index (χ3v) is 6.25. The molecule has 0 aliphatic rings. The number of nitrogens with zero attached hydrogens (tertiary/aromatic N) is 2. The summed E-state index contributed by atoms with van der Waals surface area (Å²) in [6.07, 6.45) is 1.47. The third kappa shape index (κ3) is 5.70. The van der Waals surface area contributed by atoms with Gasteiger partial charge in [0.05, 0.1) is 23.9 Å². The molecule has 7 nitrogen and oxygen atoms in total. The Morgan fingerprint density at radius 1 is 1.00 bits per heavy atom. The van der Waals surface area contributed by atoms with E-state index in [1.165, 1.54) is 18.3 Å². The fourth-order valence-corrected chi connectivity index (χ4v) is 4.20. The summed E-state index contributed by atoms with van der Waals surface area (Å²) in [5, 5.41) is 3.92. The summed E-state index contributed by atoms with van der Waals surface area (Å²) in [5.41, 5.74) is 4.47. The maximum absolute atomic E-state index is 13.2. The number of anilines is 1. The highest BCUT2D eigenvalue weighted by Crippen LogP contribution is 2.23. The number of hydrazone groups is 1. The lowest BCUT2D eigenvalue weighted by molar-refractivity contribution is -0.119. The Kier molecular flexibility index (Phi) is 7.04. The summed E-state index contributed by atoms with van der Waals surface area (Å²) in [4.78, 5) is 12.6. The van der Waals surface area contributed by atoms with E-state index in [0.29, 0.717) is 11.4 Å². The van der Waals surface area contributed by atoms with Crippen molar-refractivity contribution in [2.24, 2.45) is 5.10 Å². The quantitative estimate of drug-likeness (QED) is 0.432. The number of methoxy groups -OCH3 is 1. The maximum Gasteiger partial charge on any atom is 0.264 e. The van der Waals surface area contributed by atoms with Crippen molar-refractivity contribution >= 4 is 27.8 Å². The topological polar surface area (TPSA) is 88.1 Å². The van der Waals surface area contributed by atoms with Crippen molar-refractivity contribution in [3.63, 3.8) is 0 Å². The first kappa shape index (κ1) is 22.0. The fourth-order valence-electron chi connectivity index (χ4n) is 2.78. The number of hydrogen-bond acceptors (Lipinski definition) is 5. The van der Waals surface area contributed by atoms with E-state index in [2.05, 4.69) is 10.5 Å². The molecule has 0 fully saturated rings. The summed E-state index contributed by atoms with van der Waals surface area (Å²) in [5.74, 6) is 0.144. The lowest BCUT2D eigenvalue weighted by Gasteiger charge is -2.23. The summed E-state index contributed by atoms with van der Waals surface area (Å²) in [6.45, 7) is 1.46. The van der Waals surface area contributed by atoms with Gasteiger partial charge in [-0.05, 0) is 61.0 Å². The minimum absolute atomic E-state index is 0.108. The van der Waals surface area contributed by atoms with Gasteiger partial charge in [-0.15, -0.1) is 0 Å². The van der Waals surface area contributed by atoms with Gasteiger partial charge in [-0.2, -0.15) is 5.10 Å². The minimum Gasteiger partial charge on any atom is -0.497 e. The molecule has 0 radical (unpaired) electrons. The smallest absolute Gasteiger partial charge is 0.264 e. The fraction of sp³-hybridized carbons (Fsp3) is 0.130. The van der Waals surface area contributed by atoms with Crippen LogP contribution in [0.2, 0.25) is 0 Å². The standard InChI is InChI=1S/C23H23N3O4S/c1-18-8-14-22(15-9-18)31(28,29)26(20-6-4-3-5-7-20)17-23(27)25-24-16-19-10-12-21(30-2)13-11-19/h3-16H,17H2,1-2H3,(H,25,27)/b24-16-. The maximum atomic E-state index is 13.2. The second kappa shape index (κ2) is 9.90. The normalized spacial score (nSPS) is 11.3. The largest absolute Gasteiger partial charge is 0.497 e. The number of carbonyl (C=O) groups excluding carboxylic acids is 1. The van der Waals surface area contributed by atoms with Gasteiger partial charge in [0, 0.05) is 0 Å². The Bertz CT molecular complexity index is 1140. The molecule has 0 atom stereocenters. The Hall–Kier alpha value is -3.65. The number of sulfonamides is 1. The van der Waals surface area contributed by atoms with Crippen LogP contribution in [0.4, 0.5) is 5.69 Å². The van der Waals surface area contributed by atoms with Crippen LogP contribution >= 0.6 is 0 Å². The van der Waals surface area contributed by atoms with Crippen LogP contribution in [0.5, 0.6) is 5.75 Å². The van der Waals surface area contributed by atoms with Crippen molar-refractivity contribution in [3.05, 3.63) is 90.0 Å². The van der Waals surface area contributed by atoms with Crippen LogP contribution in [0.1, 0.15) is 11.1 Å². The van der Waals surface area contributed by atoms with Gasteiger partial charge in [0.2, 0.25) is 0 Å². The number of aryl methyl sites for hydroxylation is 1. The second-order valence-corrected chi connectivity index (χ2v) is 8.59. The van der Waals surface area contributed by atoms with Gasteiger partial charge in [0.15, 0.2) is 0 Å². The minimum atomic E-state index is -3.94. The van der Waals surface area contributed by atoms with Crippen LogP contribution in [0.3, 0.4) is 0 Å². The average molecular weight is 438 g/mol. The summed E-state index contributed by atoms with van der Waals surface area (Å²) in [6, 6.07) is 22.1. The first-order valence-corrected chi connectivity index (χ1v) is 10.9. The molecular weight excluding hydrogens is 414 g/mol. The van der Waals surface area contributed by atoms with Crippen LogP contribution in [0, 0.1) is 6.92 Å². The highest BCUT2D eigenvalue weighted by atomic mass is 32.2. The number of benzene rings is 3. The van der Waals surface area contributed by atoms with Gasteiger partial charge in [-0.25, -0.2) is 13.8 Å². The van der Waals surface area contributed by atoms with Crippen LogP contribution in [-0.4, -0.2) is 34.2 Å². The molecule has 0 aliphatic heterocycles. The Morgan fingerprint density at radius 2 is 1.65 bits per heavy atom.